The highest BCUT2D eigenvalue weighted by atomic mass is 19.3. The van der Waals surface area contributed by atoms with E-state index in [1.165, 1.54) is 37.7 Å². The van der Waals surface area contributed by atoms with Crippen molar-refractivity contribution in [3.63, 3.8) is 0 Å². The molecule has 2 aromatic rings. The third-order valence-corrected chi connectivity index (χ3v) is 2.59. The number of ketones is 1. The van der Waals surface area contributed by atoms with Gasteiger partial charge < -0.3 is 9.47 Å². The van der Waals surface area contributed by atoms with Crippen molar-refractivity contribution in [2.24, 2.45) is 0 Å². The van der Waals surface area contributed by atoms with Crippen LogP contribution in [0.15, 0.2) is 42.7 Å². The minimum Gasteiger partial charge on any atom is -0.496 e. The minimum absolute atomic E-state index is 0.0665. The predicted molar refractivity (Wildman–Crippen MR) is 67.3 cm³/mol. The molecule has 0 bridgehead atoms. The molecule has 6 heteroatoms. The third kappa shape index (κ3) is 3.09. The fourth-order valence-corrected chi connectivity index (χ4v) is 1.69. The maximum absolute atomic E-state index is 12.3. The van der Waals surface area contributed by atoms with Gasteiger partial charge in [0.2, 0.25) is 0 Å². The van der Waals surface area contributed by atoms with Gasteiger partial charge in [-0.3, -0.25) is 9.78 Å². The lowest BCUT2D eigenvalue weighted by molar-refractivity contribution is -0.0499. The van der Waals surface area contributed by atoms with Crippen LogP contribution in [0.3, 0.4) is 0 Å². The van der Waals surface area contributed by atoms with Crippen molar-refractivity contribution in [1.82, 2.24) is 4.98 Å². The standard InChI is InChI=1S/C14H11F2NO3/c1-19-12-8-10(20-14(15)16)2-3-11(12)13(18)9-4-6-17-7-5-9/h2-8,14H,1H3. The van der Waals surface area contributed by atoms with E-state index in [1.807, 2.05) is 0 Å². The van der Waals surface area contributed by atoms with E-state index < -0.39 is 6.61 Å². The van der Waals surface area contributed by atoms with Crippen LogP contribution in [0.4, 0.5) is 8.78 Å². The largest absolute Gasteiger partial charge is 0.496 e. The van der Waals surface area contributed by atoms with Crippen LogP contribution in [0, 0.1) is 0 Å². The average molecular weight is 279 g/mol. The summed E-state index contributed by atoms with van der Waals surface area (Å²) in [5.74, 6) is -0.180. The Morgan fingerprint density at radius 3 is 2.50 bits per heavy atom. The van der Waals surface area contributed by atoms with Crippen LogP contribution in [0.2, 0.25) is 0 Å². The summed E-state index contributed by atoms with van der Waals surface area (Å²) < 4.78 is 33.6. The number of hydrogen-bond acceptors (Lipinski definition) is 4. The molecule has 0 radical (unpaired) electrons. The number of aromatic nitrogens is 1. The Balaban J connectivity index is 2.34. The Kier molecular flexibility index (Phi) is 4.24. The normalized spacial score (nSPS) is 10.4. The molecule has 0 aliphatic heterocycles. The summed E-state index contributed by atoms with van der Waals surface area (Å²) in [6.07, 6.45) is 2.99. The summed E-state index contributed by atoms with van der Waals surface area (Å²) in [7, 11) is 1.35. The molecule has 20 heavy (non-hydrogen) atoms. The monoisotopic (exact) mass is 279 g/mol. The van der Waals surface area contributed by atoms with Gasteiger partial charge in [0.15, 0.2) is 5.78 Å². The number of benzene rings is 1. The lowest BCUT2D eigenvalue weighted by Crippen LogP contribution is -2.06. The van der Waals surface area contributed by atoms with Crippen LogP contribution in [0.5, 0.6) is 11.5 Å². The van der Waals surface area contributed by atoms with Crippen molar-refractivity contribution in [3.8, 4) is 11.5 Å². The Morgan fingerprint density at radius 1 is 1.20 bits per heavy atom. The molecule has 0 amide bonds. The summed E-state index contributed by atoms with van der Waals surface area (Å²) in [6, 6.07) is 7.06. The number of ether oxygens (including phenoxy) is 2. The number of pyridine rings is 1. The van der Waals surface area contributed by atoms with Crippen LogP contribution in [-0.2, 0) is 0 Å². The molecular weight excluding hydrogens is 268 g/mol. The Morgan fingerprint density at radius 2 is 1.90 bits per heavy atom. The van der Waals surface area contributed by atoms with Gasteiger partial charge in [0, 0.05) is 24.0 Å². The average Bonchev–Trinajstić information content (AvgIpc) is 2.46. The smallest absolute Gasteiger partial charge is 0.387 e. The number of hydrogen-bond donors (Lipinski definition) is 0. The molecule has 104 valence electrons. The van der Waals surface area contributed by atoms with Crippen LogP contribution in [-0.4, -0.2) is 24.5 Å². The number of alkyl halides is 2. The Labute approximate surface area is 114 Å². The zero-order valence-corrected chi connectivity index (χ0v) is 10.5. The number of halogens is 2. The van der Waals surface area contributed by atoms with Crippen molar-refractivity contribution in [1.29, 1.82) is 0 Å². The summed E-state index contributed by atoms with van der Waals surface area (Å²) >= 11 is 0. The van der Waals surface area contributed by atoms with E-state index in [4.69, 9.17) is 4.74 Å². The second-order valence-corrected chi connectivity index (χ2v) is 3.81. The second kappa shape index (κ2) is 6.10. The zero-order chi connectivity index (χ0) is 14.5. The van der Waals surface area contributed by atoms with Crippen molar-refractivity contribution >= 4 is 5.78 Å². The van der Waals surface area contributed by atoms with Crippen molar-refractivity contribution in [2.45, 2.75) is 6.61 Å². The van der Waals surface area contributed by atoms with Gasteiger partial charge in [0.05, 0.1) is 12.7 Å². The summed E-state index contributed by atoms with van der Waals surface area (Å²) in [5, 5.41) is 0. The molecule has 0 aliphatic carbocycles. The lowest BCUT2D eigenvalue weighted by atomic mass is 10.0. The Bertz CT molecular complexity index is 603. The second-order valence-electron chi connectivity index (χ2n) is 3.81. The van der Waals surface area contributed by atoms with E-state index in [2.05, 4.69) is 9.72 Å². The third-order valence-electron chi connectivity index (χ3n) is 2.59. The topological polar surface area (TPSA) is 48.4 Å². The van der Waals surface area contributed by atoms with Crippen molar-refractivity contribution < 1.29 is 23.0 Å². The molecule has 1 aromatic carbocycles. The molecular formula is C14H11F2NO3. The van der Waals surface area contributed by atoms with Crippen molar-refractivity contribution in [3.05, 3.63) is 53.9 Å². The van der Waals surface area contributed by atoms with Gasteiger partial charge in [-0.05, 0) is 24.3 Å². The molecule has 0 saturated heterocycles. The molecule has 4 nitrogen and oxygen atoms in total. The number of rotatable bonds is 5. The van der Waals surface area contributed by atoms with E-state index in [-0.39, 0.29) is 22.8 Å². The molecule has 0 aliphatic rings. The van der Waals surface area contributed by atoms with Gasteiger partial charge in [-0.25, -0.2) is 0 Å². The summed E-state index contributed by atoms with van der Waals surface area (Å²) in [4.78, 5) is 16.1. The van der Waals surface area contributed by atoms with E-state index in [1.54, 1.807) is 12.1 Å². The van der Waals surface area contributed by atoms with Crippen LogP contribution >= 0.6 is 0 Å². The first-order valence-electron chi connectivity index (χ1n) is 5.69. The summed E-state index contributed by atoms with van der Waals surface area (Å²) in [5.41, 5.74) is 0.696. The van der Waals surface area contributed by atoms with Gasteiger partial charge >= 0.3 is 6.61 Å². The van der Waals surface area contributed by atoms with E-state index >= 15 is 0 Å². The first-order valence-corrected chi connectivity index (χ1v) is 5.69. The lowest BCUT2D eigenvalue weighted by Gasteiger charge is -2.10. The number of carbonyl (C=O) groups excluding carboxylic acids is 1. The maximum atomic E-state index is 12.3. The SMILES string of the molecule is COc1cc(OC(F)F)ccc1C(=O)c1ccncc1. The van der Waals surface area contributed by atoms with E-state index in [0.717, 1.165) is 0 Å². The maximum Gasteiger partial charge on any atom is 0.387 e. The minimum atomic E-state index is -2.93. The molecule has 0 saturated carbocycles. The molecule has 0 N–H and O–H groups in total. The highest BCUT2D eigenvalue weighted by Gasteiger charge is 2.16. The molecule has 1 heterocycles. The van der Waals surface area contributed by atoms with Crippen LogP contribution in [0.1, 0.15) is 15.9 Å². The first kappa shape index (κ1) is 13.9. The molecule has 2 rings (SSSR count). The molecule has 0 spiro atoms. The highest BCUT2D eigenvalue weighted by Crippen LogP contribution is 2.27. The van der Waals surface area contributed by atoms with Crippen LogP contribution < -0.4 is 9.47 Å². The number of nitrogens with zero attached hydrogens (tertiary/aromatic N) is 1. The molecule has 0 unspecified atom stereocenters. The van der Waals surface area contributed by atoms with Gasteiger partial charge in [-0.15, -0.1) is 0 Å². The predicted octanol–water partition coefficient (Wildman–Crippen LogP) is 2.92. The summed E-state index contributed by atoms with van der Waals surface area (Å²) in [6.45, 7) is -2.93. The zero-order valence-electron chi connectivity index (χ0n) is 10.5. The Hall–Kier alpha value is -2.50. The van der Waals surface area contributed by atoms with Crippen molar-refractivity contribution in [2.75, 3.05) is 7.11 Å². The van der Waals surface area contributed by atoms with Gasteiger partial charge in [-0.2, -0.15) is 8.78 Å². The quantitative estimate of drug-likeness (QED) is 0.790. The van der Waals surface area contributed by atoms with E-state index in [0.29, 0.717) is 5.56 Å². The molecule has 0 fully saturated rings. The highest BCUT2D eigenvalue weighted by molar-refractivity contribution is 6.10. The number of methoxy groups -OCH3 is 1. The number of carbonyl (C=O) groups is 1. The van der Waals surface area contributed by atoms with Crippen LogP contribution in [0.25, 0.3) is 0 Å². The fourth-order valence-electron chi connectivity index (χ4n) is 1.69. The van der Waals surface area contributed by atoms with Gasteiger partial charge in [0.25, 0.3) is 0 Å². The molecule has 0 atom stereocenters. The fraction of sp³-hybridized carbons (Fsp3) is 0.143. The van der Waals surface area contributed by atoms with Gasteiger partial charge in [0.1, 0.15) is 11.5 Å². The van der Waals surface area contributed by atoms with E-state index in [9.17, 15) is 13.6 Å². The molecule has 1 aromatic heterocycles. The first-order chi connectivity index (χ1) is 9.61. The van der Waals surface area contributed by atoms with Gasteiger partial charge in [-0.1, -0.05) is 0 Å².